The molecule has 45 heavy (non-hydrogen) atoms. The van der Waals surface area contributed by atoms with Crippen LogP contribution in [0.15, 0.2) is 84.9 Å². The molecule has 4 heteroatoms. The monoisotopic (exact) mass is 612 g/mol. The lowest BCUT2D eigenvalue weighted by Gasteiger charge is -2.11. The Labute approximate surface area is 269 Å². The molecule has 4 rings (SSSR count). The highest BCUT2D eigenvalue weighted by molar-refractivity contribution is 5.74. The highest BCUT2D eigenvalue weighted by Gasteiger charge is 2.16. The van der Waals surface area contributed by atoms with Crippen LogP contribution in [0, 0.1) is 11.6 Å². The Hall–Kier alpha value is -3.66. The Morgan fingerprint density at radius 3 is 1.09 bits per heavy atom. The van der Waals surface area contributed by atoms with Gasteiger partial charge in [-0.05, 0) is 59.4 Å². The number of halogens is 2. The van der Waals surface area contributed by atoms with Crippen LogP contribution in [0.5, 0.6) is 11.5 Å². The summed E-state index contributed by atoms with van der Waals surface area (Å²) in [5.41, 5.74) is 3.80. The van der Waals surface area contributed by atoms with Gasteiger partial charge in [0.15, 0.2) is 11.6 Å². The van der Waals surface area contributed by atoms with E-state index in [0.717, 1.165) is 42.1 Å². The Morgan fingerprint density at radius 2 is 0.689 bits per heavy atom. The molecule has 0 spiro atoms. The zero-order valence-corrected chi connectivity index (χ0v) is 27.3. The van der Waals surface area contributed by atoms with Crippen molar-refractivity contribution in [2.45, 2.75) is 97.3 Å². The molecule has 0 aliphatic rings. The molecule has 0 saturated carbocycles. The summed E-state index contributed by atoms with van der Waals surface area (Å²) in [5.74, 6) is -0.0691. The quantitative estimate of drug-likeness (QED) is 0.0925. The van der Waals surface area contributed by atoms with Gasteiger partial charge in [-0.25, -0.2) is 8.78 Å². The highest BCUT2D eigenvalue weighted by atomic mass is 19.2. The minimum Gasteiger partial charge on any atom is -0.494 e. The fraction of sp³-hybridized carbons (Fsp3) is 0.415. The van der Waals surface area contributed by atoms with Crippen LogP contribution >= 0.6 is 0 Å². The van der Waals surface area contributed by atoms with Gasteiger partial charge in [-0.1, -0.05) is 145 Å². The molecule has 4 aromatic carbocycles. The molecule has 0 aromatic heterocycles. The third-order valence-electron chi connectivity index (χ3n) is 8.41. The molecule has 0 aliphatic carbocycles. The molecule has 0 heterocycles. The summed E-state index contributed by atoms with van der Waals surface area (Å²) in [6.07, 6.45) is 16.1. The smallest absolute Gasteiger partial charge is 0.167 e. The van der Waals surface area contributed by atoms with Gasteiger partial charge in [0, 0.05) is 11.1 Å². The van der Waals surface area contributed by atoms with Crippen LogP contribution in [0.1, 0.15) is 97.3 Å². The summed E-state index contributed by atoms with van der Waals surface area (Å²) < 4.78 is 42.4. The van der Waals surface area contributed by atoms with E-state index in [1.807, 2.05) is 60.7 Å². The normalized spacial score (nSPS) is 11.1. The Kier molecular flexibility index (Phi) is 14.4. The summed E-state index contributed by atoms with van der Waals surface area (Å²) in [7, 11) is 0. The van der Waals surface area contributed by atoms with Gasteiger partial charge in [0.25, 0.3) is 0 Å². The first-order valence-corrected chi connectivity index (χ1v) is 17.2. The lowest BCUT2D eigenvalue weighted by atomic mass is 9.97. The predicted octanol–water partition coefficient (Wildman–Crippen LogP) is 12.8. The van der Waals surface area contributed by atoms with E-state index in [2.05, 4.69) is 13.8 Å². The summed E-state index contributed by atoms with van der Waals surface area (Å²) in [4.78, 5) is 0. The van der Waals surface area contributed by atoms with Gasteiger partial charge in [-0.3, -0.25) is 0 Å². The molecule has 4 aromatic rings. The number of ether oxygens (including phenoxy) is 2. The van der Waals surface area contributed by atoms with Crippen molar-refractivity contribution in [3.8, 4) is 44.9 Å². The fourth-order valence-electron chi connectivity index (χ4n) is 5.63. The molecule has 0 amide bonds. The first-order valence-electron chi connectivity index (χ1n) is 17.2. The molecule has 0 radical (unpaired) electrons. The Morgan fingerprint density at radius 1 is 0.378 bits per heavy atom. The van der Waals surface area contributed by atoms with Crippen LogP contribution < -0.4 is 9.47 Å². The van der Waals surface area contributed by atoms with Crippen molar-refractivity contribution in [1.82, 2.24) is 0 Å². The molecule has 0 aliphatic heterocycles. The van der Waals surface area contributed by atoms with Crippen molar-refractivity contribution in [2.75, 3.05) is 13.2 Å². The summed E-state index contributed by atoms with van der Waals surface area (Å²) in [5, 5.41) is 0. The van der Waals surface area contributed by atoms with Crippen molar-refractivity contribution in [1.29, 1.82) is 0 Å². The summed E-state index contributed by atoms with van der Waals surface area (Å²) >= 11 is 0. The van der Waals surface area contributed by atoms with Crippen LogP contribution in [-0.4, -0.2) is 13.2 Å². The van der Waals surface area contributed by atoms with Gasteiger partial charge in [-0.15, -0.1) is 0 Å². The zero-order valence-electron chi connectivity index (χ0n) is 27.3. The summed E-state index contributed by atoms with van der Waals surface area (Å²) in [6.45, 7) is 5.86. The average Bonchev–Trinajstić information content (AvgIpc) is 3.07. The van der Waals surface area contributed by atoms with Gasteiger partial charge >= 0.3 is 0 Å². The second kappa shape index (κ2) is 19.0. The molecule has 2 nitrogen and oxygen atoms in total. The SMILES string of the molecule is CCCCCCCCCCOc1ccc(-c2ccc(-c3ccc(-c4ccc(OCCCCCCC)cc4)cc3)c(F)c2F)cc1. The second-order valence-corrected chi connectivity index (χ2v) is 12.0. The van der Waals surface area contributed by atoms with E-state index in [-0.39, 0.29) is 11.1 Å². The Balaban J connectivity index is 1.29. The Bertz CT molecular complexity index is 1400. The average molecular weight is 613 g/mol. The fourth-order valence-corrected chi connectivity index (χ4v) is 5.63. The molecular weight excluding hydrogens is 562 g/mol. The van der Waals surface area contributed by atoms with Gasteiger partial charge in [0.05, 0.1) is 13.2 Å². The maximum Gasteiger partial charge on any atom is 0.167 e. The number of hydrogen-bond acceptors (Lipinski definition) is 2. The van der Waals surface area contributed by atoms with Crippen LogP contribution in [0.25, 0.3) is 33.4 Å². The van der Waals surface area contributed by atoms with Gasteiger partial charge < -0.3 is 9.47 Å². The molecule has 0 bridgehead atoms. The van der Waals surface area contributed by atoms with E-state index in [1.54, 1.807) is 24.3 Å². The van der Waals surface area contributed by atoms with Gasteiger partial charge in [0.1, 0.15) is 11.5 Å². The van der Waals surface area contributed by atoms with Crippen molar-refractivity contribution < 1.29 is 18.3 Å². The predicted molar refractivity (Wildman–Crippen MR) is 185 cm³/mol. The third-order valence-corrected chi connectivity index (χ3v) is 8.41. The van der Waals surface area contributed by atoms with E-state index >= 15 is 8.78 Å². The van der Waals surface area contributed by atoms with E-state index in [0.29, 0.717) is 17.7 Å². The van der Waals surface area contributed by atoms with Crippen LogP contribution in [0.4, 0.5) is 8.78 Å². The first kappa shape index (κ1) is 34.2. The lowest BCUT2D eigenvalue weighted by Crippen LogP contribution is -1.98. The minimum atomic E-state index is -0.842. The van der Waals surface area contributed by atoms with Crippen LogP contribution in [0.3, 0.4) is 0 Å². The number of hydrogen-bond donors (Lipinski definition) is 0. The standard InChI is InChI=1S/C41H50F2O2/c1-3-5-7-9-10-11-13-15-31-45-37-26-22-35(23-27-37)39-29-28-38(40(42)41(39)43)34-18-16-32(17-19-34)33-20-24-36(25-21-33)44-30-14-12-8-6-4-2/h16-29H,3-15,30-31H2,1-2H3. The lowest BCUT2D eigenvalue weighted by molar-refractivity contribution is 0.304. The van der Waals surface area contributed by atoms with E-state index < -0.39 is 11.6 Å². The van der Waals surface area contributed by atoms with E-state index in [4.69, 9.17) is 9.47 Å². The molecule has 0 saturated heterocycles. The van der Waals surface area contributed by atoms with Crippen molar-refractivity contribution in [3.05, 3.63) is 96.6 Å². The van der Waals surface area contributed by atoms with Crippen molar-refractivity contribution in [3.63, 3.8) is 0 Å². The van der Waals surface area contributed by atoms with Crippen molar-refractivity contribution in [2.24, 2.45) is 0 Å². The van der Waals surface area contributed by atoms with E-state index in [9.17, 15) is 0 Å². The molecule has 0 atom stereocenters. The number of benzene rings is 4. The van der Waals surface area contributed by atoms with Crippen LogP contribution in [-0.2, 0) is 0 Å². The number of rotatable bonds is 20. The highest BCUT2D eigenvalue weighted by Crippen LogP contribution is 2.33. The maximum atomic E-state index is 15.3. The zero-order chi connectivity index (χ0) is 31.7. The van der Waals surface area contributed by atoms with Crippen molar-refractivity contribution >= 4 is 0 Å². The van der Waals surface area contributed by atoms with Crippen LogP contribution in [0.2, 0.25) is 0 Å². The first-order chi connectivity index (χ1) is 22.1. The van der Waals surface area contributed by atoms with E-state index in [1.165, 1.54) is 70.6 Å². The van der Waals surface area contributed by atoms with Gasteiger partial charge in [0.2, 0.25) is 0 Å². The molecule has 0 unspecified atom stereocenters. The molecule has 0 N–H and O–H groups in total. The topological polar surface area (TPSA) is 18.5 Å². The summed E-state index contributed by atoms with van der Waals surface area (Å²) in [6, 6.07) is 26.1. The molecular formula is C41H50F2O2. The minimum absolute atomic E-state index is 0.241. The molecule has 240 valence electrons. The maximum absolute atomic E-state index is 15.3. The largest absolute Gasteiger partial charge is 0.494 e. The molecule has 0 fully saturated rings. The van der Waals surface area contributed by atoms with Gasteiger partial charge in [-0.2, -0.15) is 0 Å². The third kappa shape index (κ3) is 10.7. The number of unbranched alkanes of at least 4 members (excludes halogenated alkanes) is 11. The second-order valence-electron chi connectivity index (χ2n) is 12.0.